The molecule has 0 aliphatic carbocycles. The number of nitrogens with one attached hydrogen (secondary N) is 2. The van der Waals surface area contributed by atoms with E-state index in [2.05, 4.69) is 44.4 Å². The molecule has 1 unspecified atom stereocenters. The number of amides is 2. The number of hydrazone groups is 1. The van der Waals surface area contributed by atoms with E-state index in [-0.39, 0.29) is 18.1 Å². The smallest absolute Gasteiger partial charge is 0.262 e. The minimum Gasteiger partial charge on any atom is -0.493 e. The van der Waals surface area contributed by atoms with Gasteiger partial charge in [-0.25, -0.2) is 9.82 Å². The molecular formula is C23H23FIN3O4. The number of methoxy groups -OCH3 is 1. The fourth-order valence-corrected chi connectivity index (χ4v) is 3.45. The van der Waals surface area contributed by atoms with Crippen LogP contribution in [0.4, 0.5) is 4.39 Å². The molecule has 2 aromatic rings. The molecule has 2 rings (SSSR count). The van der Waals surface area contributed by atoms with E-state index in [9.17, 15) is 14.0 Å². The standard InChI is InChI=1S/C23H23FIN3O4/c1-5-10-32-21-18(25)11-15(12-19(21)31-4)13-26-28-23(30)20(14(2)3)27-22(29)16-6-8-17(24)9-7-16/h1,6-9,11-14,20H,10H2,2-4H3,(H,27,29)(H,28,30)/b26-13+. The van der Waals surface area contributed by atoms with E-state index in [1.54, 1.807) is 26.0 Å². The highest BCUT2D eigenvalue weighted by atomic mass is 127. The minimum atomic E-state index is -0.834. The topological polar surface area (TPSA) is 89.0 Å². The van der Waals surface area contributed by atoms with Crippen molar-refractivity contribution in [1.29, 1.82) is 0 Å². The Hall–Kier alpha value is -3.13. The molecular weight excluding hydrogens is 528 g/mol. The second-order valence-corrected chi connectivity index (χ2v) is 8.13. The highest BCUT2D eigenvalue weighted by Gasteiger charge is 2.24. The Kier molecular flexibility index (Phi) is 9.46. The second-order valence-electron chi connectivity index (χ2n) is 6.96. The van der Waals surface area contributed by atoms with Crippen molar-refractivity contribution in [2.45, 2.75) is 19.9 Å². The molecule has 0 saturated heterocycles. The van der Waals surface area contributed by atoms with E-state index >= 15 is 0 Å². The van der Waals surface area contributed by atoms with Crippen molar-refractivity contribution in [3.63, 3.8) is 0 Å². The first kappa shape index (κ1) is 25.1. The first-order valence-electron chi connectivity index (χ1n) is 9.60. The lowest BCUT2D eigenvalue weighted by Crippen LogP contribution is -2.48. The van der Waals surface area contributed by atoms with Gasteiger partial charge in [0, 0.05) is 5.56 Å². The molecule has 0 bridgehead atoms. The third-order valence-electron chi connectivity index (χ3n) is 4.28. The molecule has 0 aliphatic rings. The maximum absolute atomic E-state index is 13.1. The summed E-state index contributed by atoms with van der Waals surface area (Å²) in [6.45, 7) is 3.69. The van der Waals surface area contributed by atoms with Gasteiger partial charge in [0.1, 0.15) is 18.5 Å². The summed E-state index contributed by atoms with van der Waals surface area (Å²) in [7, 11) is 1.51. The van der Waals surface area contributed by atoms with Gasteiger partial charge in [0.15, 0.2) is 11.5 Å². The van der Waals surface area contributed by atoms with Crippen LogP contribution in [0, 0.1) is 27.6 Å². The lowest BCUT2D eigenvalue weighted by atomic mass is 10.0. The number of benzene rings is 2. The average Bonchev–Trinajstić information content (AvgIpc) is 2.76. The molecule has 32 heavy (non-hydrogen) atoms. The quantitative estimate of drug-likeness (QED) is 0.217. The van der Waals surface area contributed by atoms with Crippen LogP contribution in [0.1, 0.15) is 29.8 Å². The number of nitrogens with zero attached hydrogens (tertiary/aromatic N) is 1. The highest BCUT2D eigenvalue weighted by molar-refractivity contribution is 14.1. The largest absolute Gasteiger partial charge is 0.493 e. The van der Waals surface area contributed by atoms with Gasteiger partial charge in [-0.3, -0.25) is 9.59 Å². The zero-order chi connectivity index (χ0) is 23.7. The second kappa shape index (κ2) is 12.0. The molecule has 2 amide bonds. The van der Waals surface area contributed by atoms with Crippen LogP contribution in [0.5, 0.6) is 11.5 Å². The van der Waals surface area contributed by atoms with Crippen molar-refractivity contribution in [3.8, 4) is 23.8 Å². The van der Waals surface area contributed by atoms with Crippen molar-refractivity contribution in [2.75, 3.05) is 13.7 Å². The molecule has 0 fully saturated rings. The van der Waals surface area contributed by atoms with Crippen LogP contribution in [0.25, 0.3) is 0 Å². The summed E-state index contributed by atoms with van der Waals surface area (Å²) >= 11 is 2.09. The predicted molar refractivity (Wildman–Crippen MR) is 128 cm³/mol. The maximum atomic E-state index is 13.1. The molecule has 2 N–H and O–H groups in total. The van der Waals surface area contributed by atoms with E-state index in [4.69, 9.17) is 15.9 Å². The molecule has 0 radical (unpaired) electrons. The molecule has 0 saturated carbocycles. The van der Waals surface area contributed by atoms with Crippen LogP contribution >= 0.6 is 22.6 Å². The fourth-order valence-electron chi connectivity index (χ4n) is 2.67. The monoisotopic (exact) mass is 551 g/mol. The number of ether oxygens (including phenoxy) is 2. The zero-order valence-electron chi connectivity index (χ0n) is 17.8. The van der Waals surface area contributed by atoms with Gasteiger partial charge in [-0.2, -0.15) is 5.10 Å². The first-order chi connectivity index (χ1) is 15.3. The summed E-state index contributed by atoms with van der Waals surface area (Å²) < 4.78 is 24.7. The number of terminal acetylenes is 1. The Labute approximate surface area is 199 Å². The molecule has 7 nitrogen and oxygen atoms in total. The van der Waals surface area contributed by atoms with E-state index in [0.29, 0.717) is 17.1 Å². The van der Waals surface area contributed by atoms with Crippen LogP contribution in [-0.4, -0.2) is 37.8 Å². The van der Waals surface area contributed by atoms with Crippen molar-refractivity contribution in [2.24, 2.45) is 11.0 Å². The molecule has 0 aliphatic heterocycles. The maximum Gasteiger partial charge on any atom is 0.262 e. The molecule has 1 atom stereocenters. The van der Waals surface area contributed by atoms with Crippen molar-refractivity contribution in [1.82, 2.24) is 10.7 Å². The van der Waals surface area contributed by atoms with Gasteiger partial charge in [-0.15, -0.1) is 6.42 Å². The van der Waals surface area contributed by atoms with E-state index in [1.165, 1.54) is 37.6 Å². The summed E-state index contributed by atoms with van der Waals surface area (Å²) in [5, 5.41) is 6.64. The van der Waals surface area contributed by atoms with Gasteiger partial charge in [0.25, 0.3) is 11.8 Å². The van der Waals surface area contributed by atoms with Crippen molar-refractivity contribution < 1.29 is 23.5 Å². The van der Waals surface area contributed by atoms with Crippen LogP contribution in [0.3, 0.4) is 0 Å². The molecule has 9 heteroatoms. The highest BCUT2D eigenvalue weighted by Crippen LogP contribution is 2.33. The van der Waals surface area contributed by atoms with E-state index in [1.807, 2.05) is 0 Å². The van der Waals surface area contributed by atoms with Crippen LogP contribution < -0.4 is 20.2 Å². The Morgan fingerprint density at radius 3 is 2.56 bits per heavy atom. The predicted octanol–water partition coefficient (Wildman–Crippen LogP) is 3.36. The summed E-state index contributed by atoms with van der Waals surface area (Å²) in [4.78, 5) is 25.0. The van der Waals surface area contributed by atoms with Crippen LogP contribution in [0.15, 0.2) is 41.5 Å². The van der Waals surface area contributed by atoms with E-state index < -0.39 is 23.7 Å². The Morgan fingerprint density at radius 1 is 1.28 bits per heavy atom. The molecule has 0 spiro atoms. The van der Waals surface area contributed by atoms with Gasteiger partial charge in [-0.1, -0.05) is 19.8 Å². The third kappa shape index (κ3) is 6.95. The van der Waals surface area contributed by atoms with Crippen molar-refractivity contribution in [3.05, 3.63) is 56.9 Å². The summed E-state index contributed by atoms with van der Waals surface area (Å²) in [6, 6.07) is 7.72. The summed E-state index contributed by atoms with van der Waals surface area (Å²) in [5.74, 6) is 1.78. The molecule has 0 heterocycles. The van der Waals surface area contributed by atoms with Crippen molar-refractivity contribution >= 4 is 40.6 Å². The number of carbonyl (C=O) groups excluding carboxylic acids is 2. The molecule has 168 valence electrons. The van der Waals surface area contributed by atoms with Crippen LogP contribution in [0.2, 0.25) is 0 Å². The molecule has 0 aromatic heterocycles. The lowest BCUT2D eigenvalue weighted by molar-refractivity contribution is -0.123. The Morgan fingerprint density at radius 2 is 1.97 bits per heavy atom. The Bertz CT molecular complexity index is 1030. The molecule has 2 aromatic carbocycles. The van der Waals surface area contributed by atoms with Crippen LogP contribution in [-0.2, 0) is 4.79 Å². The average molecular weight is 551 g/mol. The number of halogens is 2. The van der Waals surface area contributed by atoms with Gasteiger partial charge in [0.2, 0.25) is 0 Å². The lowest BCUT2D eigenvalue weighted by Gasteiger charge is -2.20. The van der Waals surface area contributed by atoms with E-state index in [0.717, 1.165) is 3.57 Å². The normalized spacial score (nSPS) is 11.7. The summed E-state index contributed by atoms with van der Waals surface area (Å²) in [6.07, 6.45) is 6.69. The number of carbonyl (C=O) groups is 2. The summed E-state index contributed by atoms with van der Waals surface area (Å²) in [5.41, 5.74) is 3.35. The third-order valence-corrected chi connectivity index (χ3v) is 5.08. The number of rotatable bonds is 9. The minimum absolute atomic E-state index is 0.107. The SMILES string of the molecule is C#CCOc1c(I)cc(/C=N/NC(=O)C(NC(=O)c2ccc(F)cc2)C(C)C)cc1OC. The fraction of sp³-hybridized carbons (Fsp3) is 0.261. The Balaban J connectivity index is 2.08. The number of hydrogen-bond donors (Lipinski definition) is 2. The van der Waals surface area contributed by atoms with Gasteiger partial charge >= 0.3 is 0 Å². The van der Waals surface area contributed by atoms with Gasteiger partial charge in [-0.05, 0) is 70.5 Å². The van der Waals surface area contributed by atoms with Gasteiger partial charge in [0.05, 0.1) is 16.9 Å². The zero-order valence-corrected chi connectivity index (χ0v) is 20.0. The number of hydrogen-bond acceptors (Lipinski definition) is 5. The first-order valence-corrected chi connectivity index (χ1v) is 10.7. The van der Waals surface area contributed by atoms with Gasteiger partial charge < -0.3 is 14.8 Å².